The van der Waals surface area contributed by atoms with Gasteiger partial charge in [-0.3, -0.25) is 0 Å². The topological polar surface area (TPSA) is 58.9 Å². The van der Waals surface area contributed by atoms with Gasteiger partial charge < -0.3 is 0 Å². The van der Waals surface area contributed by atoms with E-state index < -0.39 is 5.79 Å². The maximum absolute atomic E-state index is 9.39. The summed E-state index contributed by atoms with van der Waals surface area (Å²) in [7, 11) is 0. The molecule has 0 amide bonds. The van der Waals surface area contributed by atoms with Crippen LogP contribution < -0.4 is 0 Å². The van der Waals surface area contributed by atoms with E-state index >= 15 is 0 Å². The van der Waals surface area contributed by atoms with E-state index in [0.29, 0.717) is 24.2 Å². The van der Waals surface area contributed by atoms with Gasteiger partial charge in [-0.05, 0) is 97.2 Å². The van der Waals surface area contributed by atoms with Crippen LogP contribution in [0.15, 0.2) is 0 Å². The van der Waals surface area contributed by atoms with Crippen LogP contribution in [0.2, 0.25) is 0 Å². The second-order valence-electron chi connectivity index (χ2n) is 13.0. The summed E-state index contributed by atoms with van der Waals surface area (Å²) in [5.74, 6) is 4.35. The molecule has 4 fully saturated rings. The second kappa shape index (κ2) is 8.89. The molecule has 0 heterocycles. The summed E-state index contributed by atoms with van der Waals surface area (Å²) in [5.41, 5.74) is 0.814. The Morgan fingerprint density at radius 1 is 0.806 bits per heavy atom. The molecule has 4 nitrogen and oxygen atoms in total. The molecular formula is C27H48O4. The third-order valence-corrected chi connectivity index (χ3v) is 11.2. The molecule has 0 unspecified atom stereocenters. The van der Waals surface area contributed by atoms with Crippen molar-refractivity contribution in [1.29, 1.82) is 0 Å². The van der Waals surface area contributed by atoms with Crippen molar-refractivity contribution < 1.29 is 20.3 Å². The van der Waals surface area contributed by atoms with Crippen molar-refractivity contribution in [3.05, 3.63) is 0 Å². The first-order valence-corrected chi connectivity index (χ1v) is 13.3. The van der Waals surface area contributed by atoms with E-state index in [1.165, 1.54) is 57.8 Å². The highest BCUT2D eigenvalue weighted by Gasteiger charge is 2.62. The van der Waals surface area contributed by atoms with E-state index in [0.717, 1.165) is 41.9 Å². The van der Waals surface area contributed by atoms with Crippen LogP contribution in [-0.4, -0.2) is 16.3 Å². The van der Waals surface area contributed by atoms with Gasteiger partial charge in [-0.1, -0.05) is 53.9 Å². The number of hydrogen-bond acceptors (Lipinski definition) is 4. The molecule has 0 aromatic heterocycles. The lowest BCUT2D eigenvalue weighted by Gasteiger charge is -2.62. The smallest absolute Gasteiger partial charge is 0.233 e. The minimum atomic E-state index is -1.20. The monoisotopic (exact) mass is 436 g/mol. The zero-order chi connectivity index (χ0) is 22.4. The quantitative estimate of drug-likeness (QED) is 0.243. The third-order valence-electron chi connectivity index (χ3n) is 11.2. The van der Waals surface area contributed by atoms with Crippen LogP contribution >= 0.6 is 0 Å². The Hall–Kier alpha value is -0.160. The van der Waals surface area contributed by atoms with Gasteiger partial charge >= 0.3 is 0 Å². The van der Waals surface area contributed by atoms with Crippen molar-refractivity contribution in [2.45, 2.75) is 117 Å². The van der Waals surface area contributed by atoms with E-state index in [-0.39, 0.29) is 5.41 Å². The Morgan fingerprint density at radius 3 is 2.19 bits per heavy atom. The zero-order valence-electron chi connectivity index (χ0n) is 20.7. The lowest BCUT2D eigenvalue weighted by Crippen LogP contribution is -2.56. The van der Waals surface area contributed by atoms with Crippen LogP contribution in [0.5, 0.6) is 0 Å². The van der Waals surface area contributed by atoms with Crippen LogP contribution in [-0.2, 0) is 9.78 Å². The van der Waals surface area contributed by atoms with E-state index in [4.69, 9.17) is 0 Å². The highest BCUT2D eigenvalue weighted by molar-refractivity contribution is 5.10. The summed E-state index contributed by atoms with van der Waals surface area (Å²) in [4.78, 5) is 9.32. The fourth-order valence-electron chi connectivity index (χ4n) is 9.40. The zero-order valence-corrected chi connectivity index (χ0v) is 20.7. The molecule has 0 bridgehead atoms. The fourth-order valence-corrected chi connectivity index (χ4v) is 9.40. The molecular weight excluding hydrogens is 388 g/mol. The molecule has 180 valence electrons. The Labute approximate surface area is 190 Å². The van der Waals surface area contributed by atoms with Gasteiger partial charge in [-0.25, -0.2) is 20.3 Å². The van der Waals surface area contributed by atoms with Gasteiger partial charge in [-0.15, -0.1) is 0 Å². The predicted octanol–water partition coefficient (Wildman–Crippen LogP) is 7.78. The molecule has 4 saturated carbocycles. The van der Waals surface area contributed by atoms with E-state index in [1.54, 1.807) is 0 Å². The maximum atomic E-state index is 9.39. The molecule has 4 aliphatic rings. The van der Waals surface area contributed by atoms with Crippen molar-refractivity contribution in [2.24, 2.45) is 52.3 Å². The molecule has 4 rings (SSSR count). The van der Waals surface area contributed by atoms with Gasteiger partial charge in [-0.2, -0.15) is 0 Å². The molecule has 0 spiro atoms. The van der Waals surface area contributed by atoms with Gasteiger partial charge in [0.1, 0.15) is 0 Å². The van der Waals surface area contributed by atoms with Crippen molar-refractivity contribution in [1.82, 2.24) is 0 Å². The first-order chi connectivity index (χ1) is 14.7. The number of rotatable bonds is 7. The standard InChI is InChI=1S/C27H48O4/c1-18(2)7-6-8-19(3)22-11-12-23-21-10-9-20-17-27(30-28,31-29)16-15-25(20,4)24(21)13-14-26(22,23)5/h18-24,28-29H,6-17H2,1-5H3/t19-,20-,21+,22-,23+,24+,25+,26-/m1/s1. The van der Waals surface area contributed by atoms with Crippen LogP contribution in [0.3, 0.4) is 0 Å². The number of fused-ring (bicyclic) bond motifs is 5. The van der Waals surface area contributed by atoms with Crippen molar-refractivity contribution in [3.63, 3.8) is 0 Å². The minimum Gasteiger partial charge on any atom is -0.249 e. The highest BCUT2D eigenvalue weighted by atomic mass is 17.2. The molecule has 4 aliphatic carbocycles. The van der Waals surface area contributed by atoms with Gasteiger partial charge in [0.25, 0.3) is 0 Å². The average Bonchev–Trinajstić information content (AvgIpc) is 3.10. The van der Waals surface area contributed by atoms with Gasteiger partial charge in [0.15, 0.2) is 0 Å². The SMILES string of the molecule is CC(C)CCC[C@@H](C)[C@H]1CC[C@H]2[C@@H]3CC[C@@H]4CC(OO)(OO)CC[C@]4(C)[C@H]3CC[C@]12C. The maximum Gasteiger partial charge on any atom is 0.233 e. The molecule has 0 aliphatic heterocycles. The summed E-state index contributed by atoms with van der Waals surface area (Å²) in [6.07, 6.45) is 14.4. The molecule has 0 aromatic carbocycles. The van der Waals surface area contributed by atoms with Crippen LogP contribution in [0, 0.1) is 52.3 Å². The molecule has 31 heavy (non-hydrogen) atoms. The second-order valence-corrected chi connectivity index (χ2v) is 13.0. The van der Waals surface area contributed by atoms with E-state index in [2.05, 4.69) is 44.4 Å². The predicted molar refractivity (Wildman–Crippen MR) is 123 cm³/mol. The summed E-state index contributed by atoms with van der Waals surface area (Å²) >= 11 is 0. The molecule has 2 N–H and O–H groups in total. The van der Waals surface area contributed by atoms with Gasteiger partial charge in [0.2, 0.25) is 5.79 Å². The largest absolute Gasteiger partial charge is 0.249 e. The molecule has 0 saturated heterocycles. The van der Waals surface area contributed by atoms with Crippen LogP contribution in [0.1, 0.15) is 112 Å². The van der Waals surface area contributed by atoms with E-state index in [9.17, 15) is 10.5 Å². The first kappa shape index (κ1) is 24.0. The van der Waals surface area contributed by atoms with Crippen LogP contribution in [0.4, 0.5) is 0 Å². The Morgan fingerprint density at radius 2 is 1.52 bits per heavy atom. The van der Waals surface area contributed by atoms with Crippen LogP contribution in [0.25, 0.3) is 0 Å². The lowest BCUT2D eigenvalue weighted by atomic mass is 9.44. The Bertz CT molecular complexity index is 616. The fraction of sp³-hybridized carbons (Fsp3) is 1.00. The van der Waals surface area contributed by atoms with Gasteiger partial charge in [0.05, 0.1) is 0 Å². The summed E-state index contributed by atoms with van der Waals surface area (Å²) < 4.78 is 0. The molecule has 0 aromatic rings. The Balaban J connectivity index is 1.46. The number of hydrogen-bond donors (Lipinski definition) is 2. The highest BCUT2D eigenvalue weighted by Crippen LogP contribution is 2.69. The Kier molecular flexibility index (Phi) is 6.88. The summed E-state index contributed by atoms with van der Waals surface area (Å²) in [5, 5.41) is 18.8. The van der Waals surface area contributed by atoms with Crippen molar-refractivity contribution in [3.8, 4) is 0 Å². The molecule has 8 atom stereocenters. The average molecular weight is 437 g/mol. The summed E-state index contributed by atoms with van der Waals surface area (Å²) in [6, 6.07) is 0. The van der Waals surface area contributed by atoms with Gasteiger partial charge in [0, 0.05) is 12.8 Å². The first-order valence-electron chi connectivity index (χ1n) is 13.3. The lowest BCUT2D eigenvalue weighted by molar-refractivity contribution is -0.499. The van der Waals surface area contributed by atoms with Crippen molar-refractivity contribution >= 4 is 0 Å². The van der Waals surface area contributed by atoms with E-state index in [1.807, 2.05) is 0 Å². The molecule has 0 radical (unpaired) electrons. The normalized spacial score (nSPS) is 45.1. The molecule has 4 heteroatoms. The third kappa shape index (κ3) is 4.02. The van der Waals surface area contributed by atoms with Crippen molar-refractivity contribution in [2.75, 3.05) is 0 Å². The summed E-state index contributed by atoms with van der Waals surface area (Å²) in [6.45, 7) is 12.4. The minimum absolute atomic E-state index is 0.284.